The predicted octanol–water partition coefficient (Wildman–Crippen LogP) is 3.87. The minimum atomic E-state index is 0.00699. The molecule has 4 aliphatic carbocycles. The normalized spacial score (nSPS) is 31.0. The summed E-state index contributed by atoms with van der Waals surface area (Å²) < 4.78 is 1.98. The van der Waals surface area contributed by atoms with E-state index in [9.17, 15) is 4.79 Å². The lowest BCUT2D eigenvalue weighted by Crippen LogP contribution is -2.60. The summed E-state index contributed by atoms with van der Waals surface area (Å²) in [6, 6.07) is 6.08. The first kappa shape index (κ1) is 18.2. The molecule has 5 heteroatoms. The highest BCUT2D eigenvalue weighted by Gasteiger charge is 2.51. The van der Waals surface area contributed by atoms with Crippen LogP contribution in [0.15, 0.2) is 24.4 Å². The first-order valence-corrected chi connectivity index (χ1v) is 11.0. The standard InChI is InChI=1S/C23H32N4O/c1-3-7-26(2)15-19-20-6-4-5-8-27(20)21(24-19)22(28)25-23-12-16-9-17(13-23)11-18(10-16)14-23/h4-6,8,16-18H,3,7,9-15H2,1-2H3,(H,25,28). The third kappa shape index (κ3) is 3.14. The van der Waals surface area contributed by atoms with Crippen LogP contribution in [0.5, 0.6) is 0 Å². The quantitative estimate of drug-likeness (QED) is 0.827. The number of nitrogens with one attached hydrogen (secondary N) is 1. The fourth-order valence-corrected chi connectivity index (χ4v) is 6.66. The molecule has 4 fully saturated rings. The third-order valence-electron chi connectivity index (χ3n) is 7.27. The number of hydrogen-bond donors (Lipinski definition) is 1. The first-order valence-electron chi connectivity index (χ1n) is 11.0. The number of nitrogens with zero attached hydrogens (tertiary/aromatic N) is 3. The molecule has 4 bridgehead atoms. The lowest BCUT2D eigenvalue weighted by atomic mass is 9.53. The molecule has 1 N–H and O–H groups in total. The van der Waals surface area contributed by atoms with E-state index in [-0.39, 0.29) is 11.4 Å². The molecular weight excluding hydrogens is 348 g/mol. The number of imidazole rings is 1. The van der Waals surface area contributed by atoms with E-state index in [1.165, 1.54) is 38.5 Å². The van der Waals surface area contributed by atoms with E-state index in [4.69, 9.17) is 4.98 Å². The monoisotopic (exact) mass is 380 g/mol. The molecule has 0 aromatic carbocycles. The molecule has 4 saturated carbocycles. The molecule has 0 saturated heterocycles. The second kappa shape index (κ2) is 6.87. The van der Waals surface area contributed by atoms with Gasteiger partial charge in [0, 0.05) is 18.3 Å². The van der Waals surface area contributed by atoms with E-state index in [1.54, 1.807) is 0 Å². The maximum absolute atomic E-state index is 13.4. The summed E-state index contributed by atoms with van der Waals surface area (Å²) in [4.78, 5) is 20.5. The molecule has 2 heterocycles. The van der Waals surface area contributed by atoms with E-state index >= 15 is 0 Å². The molecule has 0 unspecified atom stereocenters. The van der Waals surface area contributed by atoms with Gasteiger partial charge < -0.3 is 10.2 Å². The van der Waals surface area contributed by atoms with Gasteiger partial charge >= 0.3 is 0 Å². The van der Waals surface area contributed by atoms with Gasteiger partial charge in [-0.2, -0.15) is 0 Å². The fourth-order valence-electron chi connectivity index (χ4n) is 6.66. The Hall–Kier alpha value is -1.88. The minimum Gasteiger partial charge on any atom is -0.344 e. The summed E-state index contributed by atoms with van der Waals surface area (Å²) in [6.07, 6.45) is 10.7. The van der Waals surface area contributed by atoms with E-state index in [2.05, 4.69) is 30.3 Å². The predicted molar refractivity (Wildman–Crippen MR) is 110 cm³/mol. The van der Waals surface area contributed by atoms with Crippen LogP contribution in [0.1, 0.15) is 68.2 Å². The molecule has 0 spiro atoms. The molecule has 6 rings (SSSR count). The lowest BCUT2D eigenvalue weighted by Gasteiger charge is -2.56. The van der Waals surface area contributed by atoms with Gasteiger partial charge in [0.25, 0.3) is 5.91 Å². The van der Waals surface area contributed by atoms with Crippen LogP contribution in [0.3, 0.4) is 0 Å². The van der Waals surface area contributed by atoms with Crippen LogP contribution >= 0.6 is 0 Å². The summed E-state index contributed by atoms with van der Waals surface area (Å²) in [7, 11) is 2.12. The maximum Gasteiger partial charge on any atom is 0.288 e. The fraction of sp³-hybridized carbons (Fsp3) is 0.652. The topological polar surface area (TPSA) is 49.6 Å². The maximum atomic E-state index is 13.4. The summed E-state index contributed by atoms with van der Waals surface area (Å²) in [5.74, 6) is 3.02. The van der Waals surface area contributed by atoms with Crippen LogP contribution in [-0.2, 0) is 6.54 Å². The minimum absolute atomic E-state index is 0.00699. The smallest absolute Gasteiger partial charge is 0.288 e. The zero-order chi connectivity index (χ0) is 19.3. The van der Waals surface area contributed by atoms with E-state index in [0.29, 0.717) is 5.82 Å². The summed E-state index contributed by atoms with van der Waals surface area (Å²) in [5, 5.41) is 3.49. The number of amides is 1. The van der Waals surface area contributed by atoms with Gasteiger partial charge in [0.2, 0.25) is 5.82 Å². The van der Waals surface area contributed by atoms with Gasteiger partial charge in [-0.25, -0.2) is 4.98 Å². The molecule has 0 aliphatic heterocycles. The van der Waals surface area contributed by atoms with Crippen LogP contribution in [0.4, 0.5) is 0 Å². The van der Waals surface area contributed by atoms with Crippen LogP contribution in [0.2, 0.25) is 0 Å². The van der Waals surface area contributed by atoms with Crippen molar-refractivity contribution < 1.29 is 4.79 Å². The number of fused-ring (bicyclic) bond motifs is 1. The SMILES string of the molecule is CCCN(C)Cc1nc(C(=O)NC23CC4CC(CC(C4)C2)C3)n2ccccc12. The second-order valence-electron chi connectivity index (χ2n) is 9.73. The highest BCUT2D eigenvalue weighted by molar-refractivity contribution is 5.92. The molecule has 5 nitrogen and oxygen atoms in total. The van der Waals surface area contributed by atoms with Crippen molar-refractivity contribution in [3.05, 3.63) is 35.9 Å². The Labute approximate surface area is 167 Å². The third-order valence-corrected chi connectivity index (χ3v) is 7.27. The molecule has 2 aromatic rings. The number of pyridine rings is 1. The van der Waals surface area contributed by atoms with Crippen molar-refractivity contribution in [1.82, 2.24) is 19.6 Å². The molecule has 0 atom stereocenters. The summed E-state index contributed by atoms with van der Waals surface area (Å²) in [5.41, 5.74) is 2.05. The highest BCUT2D eigenvalue weighted by atomic mass is 16.2. The number of carbonyl (C=O) groups is 1. The average Bonchev–Trinajstić information content (AvgIpc) is 2.99. The zero-order valence-electron chi connectivity index (χ0n) is 17.2. The van der Waals surface area contributed by atoms with Crippen LogP contribution in [-0.4, -0.2) is 39.3 Å². The van der Waals surface area contributed by atoms with Gasteiger partial charge in [-0.1, -0.05) is 13.0 Å². The van der Waals surface area contributed by atoms with E-state index < -0.39 is 0 Å². The molecule has 28 heavy (non-hydrogen) atoms. The van der Waals surface area contributed by atoms with Crippen molar-refractivity contribution in [2.75, 3.05) is 13.6 Å². The summed E-state index contributed by atoms with van der Waals surface area (Å²) in [6.45, 7) is 3.98. The molecule has 0 radical (unpaired) electrons. The molecule has 4 aliphatic rings. The van der Waals surface area contributed by atoms with Crippen LogP contribution in [0, 0.1) is 17.8 Å². The van der Waals surface area contributed by atoms with Crippen molar-refractivity contribution in [2.45, 2.75) is 64.0 Å². The largest absolute Gasteiger partial charge is 0.344 e. The number of carbonyl (C=O) groups excluding carboxylic acids is 1. The zero-order valence-corrected chi connectivity index (χ0v) is 17.2. The van der Waals surface area contributed by atoms with Gasteiger partial charge in [0.15, 0.2) is 0 Å². The number of aromatic nitrogens is 2. The molecule has 2 aromatic heterocycles. The molecule has 150 valence electrons. The average molecular weight is 381 g/mol. The van der Waals surface area contributed by atoms with Crippen molar-refractivity contribution in [2.24, 2.45) is 17.8 Å². The molecule has 1 amide bonds. The Bertz CT molecular complexity index is 851. The van der Waals surface area contributed by atoms with Gasteiger partial charge in [0.1, 0.15) is 0 Å². The van der Waals surface area contributed by atoms with Gasteiger partial charge in [-0.3, -0.25) is 9.20 Å². The van der Waals surface area contributed by atoms with E-state index in [1.807, 2.05) is 22.7 Å². The van der Waals surface area contributed by atoms with Gasteiger partial charge in [-0.15, -0.1) is 0 Å². The van der Waals surface area contributed by atoms with E-state index in [0.717, 1.165) is 48.5 Å². The Kier molecular flexibility index (Phi) is 4.46. The second-order valence-corrected chi connectivity index (χ2v) is 9.73. The number of hydrogen-bond acceptors (Lipinski definition) is 3. The Morgan fingerprint density at radius 2 is 1.89 bits per heavy atom. The first-order chi connectivity index (χ1) is 13.5. The highest BCUT2D eigenvalue weighted by Crippen LogP contribution is 2.55. The Morgan fingerprint density at radius 3 is 2.54 bits per heavy atom. The van der Waals surface area contributed by atoms with Crippen molar-refractivity contribution in [1.29, 1.82) is 0 Å². The Balaban J connectivity index is 1.42. The summed E-state index contributed by atoms with van der Waals surface area (Å²) >= 11 is 0. The Morgan fingerprint density at radius 1 is 1.21 bits per heavy atom. The number of rotatable bonds is 6. The molecular formula is C23H32N4O. The van der Waals surface area contributed by atoms with Crippen molar-refractivity contribution in [3.8, 4) is 0 Å². The van der Waals surface area contributed by atoms with Crippen LogP contribution in [0.25, 0.3) is 5.52 Å². The van der Waals surface area contributed by atoms with Gasteiger partial charge in [0.05, 0.1) is 11.2 Å². The van der Waals surface area contributed by atoms with Crippen LogP contribution < -0.4 is 5.32 Å². The van der Waals surface area contributed by atoms with Crippen molar-refractivity contribution in [3.63, 3.8) is 0 Å². The van der Waals surface area contributed by atoms with Gasteiger partial charge in [-0.05, 0) is 88.4 Å². The lowest BCUT2D eigenvalue weighted by molar-refractivity contribution is -0.0169. The van der Waals surface area contributed by atoms with Crippen molar-refractivity contribution >= 4 is 11.4 Å².